The third kappa shape index (κ3) is 2.03. The number of ketones is 1. The second-order valence-electron chi connectivity index (χ2n) is 3.31. The third-order valence-corrected chi connectivity index (χ3v) is 2.32. The molecule has 1 saturated heterocycles. The van der Waals surface area contributed by atoms with E-state index in [0.717, 1.165) is 0 Å². The van der Waals surface area contributed by atoms with E-state index in [9.17, 15) is 9.59 Å². The fourth-order valence-corrected chi connectivity index (χ4v) is 1.54. The van der Waals surface area contributed by atoms with Gasteiger partial charge in [0.1, 0.15) is 5.92 Å². The fraction of sp³-hybridized carbons (Fsp3) is 0.364. The Hall–Kier alpha value is -1.71. The highest BCUT2D eigenvalue weighted by atomic mass is 16.2. The molecule has 1 amide bonds. The first-order chi connectivity index (χ1) is 8.93. The van der Waals surface area contributed by atoms with Gasteiger partial charge < -0.3 is 5.32 Å². The van der Waals surface area contributed by atoms with Crippen LogP contribution in [0.15, 0.2) is 24.4 Å². The van der Waals surface area contributed by atoms with Gasteiger partial charge in [-0.2, -0.15) is 0 Å². The average molecular weight is 208 g/mol. The van der Waals surface area contributed by atoms with Crippen LogP contribution in [-0.2, 0) is 4.79 Å². The first kappa shape index (κ1) is 6.00. The molecule has 1 aromatic rings. The first-order valence-electron chi connectivity index (χ1n) is 6.69. The standard InChI is InChI=1S/C11H12N2O2/c14-10(8-3-1-5-12-7-8)9-4-2-6-13-11(9)15/h1,3,5,7,9H,2,4,6H2,(H,13,15)/i1D,3D,5D,7D. The fourth-order valence-electron chi connectivity index (χ4n) is 1.54. The number of amides is 1. The quantitative estimate of drug-likeness (QED) is 0.577. The molecule has 0 aliphatic carbocycles. The van der Waals surface area contributed by atoms with Crippen molar-refractivity contribution in [2.75, 3.05) is 6.54 Å². The molecule has 1 aromatic heterocycles. The predicted octanol–water partition coefficient (Wildman–Crippen LogP) is 0.790. The molecule has 1 aliphatic rings. The average Bonchev–Trinajstić information content (AvgIpc) is 2.36. The van der Waals surface area contributed by atoms with E-state index in [2.05, 4.69) is 10.3 Å². The highest BCUT2D eigenvalue weighted by Gasteiger charge is 2.29. The molecule has 2 heterocycles. The van der Waals surface area contributed by atoms with Gasteiger partial charge >= 0.3 is 0 Å². The molecule has 0 radical (unpaired) electrons. The minimum atomic E-state index is -0.931. The van der Waals surface area contributed by atoms with Crippen LogP contribution in [-0.4, -0.2) is 23.2 Å². The molecule has 1 aliphatic heterocycles. The predicted molar refractivity (Wildman–Crippen MR) is 54.3 cm³/mol. The number of pyridine rings is 1. The first-order valence-corrected chi connectivity index (χ1v) is 4.69. The van der Waals surface area contributed by atoms with Gasteiger partial charge in [0.2, 0.25) is 5.91 Å². The number of hydrogen-bond donors (Lipinski definition) is 1. The summed E-state index contributed by atoms with van der Waals surface area (Å²) in [6.07, 6.45) is -0.0194. The van der Waals surface area contributed by atoms with E-state index in [1.807, 2.05) is 0 Å². The van der Waals surface area contributed by atoms with Crippen molar-refractivity contribution in [1.29, 1.82) is 0 Å². The van der Waals surface area contributed by atoms with Gasteiger partial charge in [0.25, 0.3) is 0 Å². The molecule has 1 unspecified atom stereocenters. The molecule has 0 saturated carbocycles. The molecule has 4 heteroatoms. The Morgan fingerprint density at radius 3 is 3.33 bits per heavy atom. The SMILES string of the molecule is [2H]c1nc([2H])c(C(=O)C2CCCNC2=O)c([2H])c1[2H]. The summed E-state index contributed by atoms with van der Waals surface area (Å²) >= 11 is 0. The molecule has 0 bridgehead atoms. The van der Waals surface area contributed by atoms with E-state index < -0.39 is 42.0 Å². The lowest BCUT2D eigenvalue weighted by molar-refractivity contribution is -0.124. The maximum Gasteiger partial charge on any atom is 0.230 e. The van der Waals surface area contributed by atoms with E-state index in [1.54, 1.807) is 0 Å². The van der Waals surface area contributed by atoms with E-state index in [4.69, 9.17) is 5.48 Å². The van der Waals surface area contributed by atoms with Crippen LogP contribution < -0.4 is 5.32 Å². The minimum absolute atomic E-state index is 0.344. The monoisotopic (exact) mass is 208 g/mol. The third-order valence-electron chi connectivity index (χ3n) is 2.32. The summed E-state index contributed by atoms with van der Waals surface area (Å²) < 4.78 is 30.0. The van der Waals surface area contributed by atoms with Gasteiger partial charge in [-0.05, 0) is 24.9 Å². The van der Waals surface area contributed by atoms with Gasteiger partial charge in [-0.15, -0.1) is 0 Å². The maximum atomic E-state index is 12.2. The van der Waals surface area contributed by atoms with Crippen molar-refractivity contribution >= 4 is 11.7 Å². The van der Waals surface area contributed by atoms with Crippen molar-refractivity contribution in [1.82, 2.24) is 10.3 Å². The van der Waals surface area contributed by atoms with Crippen LogP contribution in [0.5, 0.6) is 0 Å². The van der Waals surface area contributed by atoms with E-state index in [1.165, 1.54) is 0 Å². The summed E-state index contributed by atoms with van der Waals surface area (Å²) in [6.45, 7) is 0.512. The lowest BCUT2D eigenvalue weighted by Crippen LogP contribution is -2.40. The van der Waals surface area contributed by atoms with E-state index >= 15 is 0 Å². The van der Waals surface area contributed by atoms with Crippen molar-refractivity contribution in [3.8, 4) is 0 Å². The van der Waals surface area contributed by atoms with Crippen LogP contribution in [0.4, 0.5) is 0 Å². The number of carbonyl (C=O) groups is 2. The zero-order chi connectivity index (χ0) is 14.2. The molecular weight excluding hydrogens is 192 g/mol. The van der Waals surface area contributed by atoms with Crippen LogP contribution in [0, 0.1) is 5.92 Å². The highest BCUT2D eigenvalue weighted by Crippen LogP contribution is 2.16. The number of rotatable bonds is 2. The molecule has 4 nitrogen and oxygen atoms in total. The molecule has 1 atom stereocenters. The lowest BCUT2D eigenvalue weighted by Gasteiger charge is -2.20. The number of aromatic nitrogens is 1. The van der Waals surface area contributed by atoms with Crippen LogP contribution in [0.2, 0.25) is 0 Å². The molecule has 15 heavy (non-hydrogen) atoms. The molecular formula is C11H12N2O2. The molecule has 1 N–H and O–H groups in total. The van der Waals surface area contributed by atoms with Crippen LogP contribution >= 0.6 is 0 Å². The second-order valence-corrected chi connectivity index (χ2v) is 3.31. The van der Waals surface area contributed by atoms with Crippen molar-refractivity contribution in [3.63, 3.8) is 0 Å². The number of Topliss-reactive ketones (excluding diaryl/α,β-unsaturated/α-hetero) is 1. The van der Waals surface area contributed by atoms with Gasteiger partial charge in [0.05, 0.1) is 5.48 Å². The minimum Gasteiger partial charge on any atom is -0.355 e. The Morgan fingerprint density at radius 1 is 1.67 bits per heavy atom. The summed E-state index contributed by atoms with van der Waals surface area (Å²) in [7, 11) is 0. The molecule has 1 fully saturated rings. The zero-order valence-corrected chi connectivity index (χ0v) is 7.96. The van der Waals surface area contributed by atoms with E-state index in [-0.39, 0.29) is 5.56 Å². The Kier molecular flexibility index (Phi) is 1.68. The largest absolute Gasteiger partial charge is 0.355 e. The molecule has 0 aromatic carbocycles. The molecule has 78 valence electrons. The molecule has 2 rings (SSSR count). The van der Waals surface area contributed by atoms with Crippen molar-refractivity contribution in [2.45, 2.75) is 12.8 Å². The topological polar surface area (TPSA) is 59.1 Å². The van der Waals surface area contributed by atoms with Gasteiger partial charge in [-0.1, -0.05) is 0 Å². The Bertz CT molecular complexity index is 562. The number of carbonyl (C=O) groups excluding carboxylic acids is 2. The highest BCUT2D eigenvalue weighted by molar-refractivity contribution is 6.10. The summed E-state index contributed by atoms with van der Waals surface area (Å²) in [5, 5.41) is 2.56. The van der Waals surface area contributed by atoms with Gasteiger partial charge in [0, 0.05) is 24.5 Å². The second kappa shape index (κ2) is 4.21. The van der Waals surface area contributed by atoms with Gasteiger partial charge in [-0.25, -0.2) is 0 Å². The van der Waals surface area contributed by atoms with Crippen LogP contribution in [0.3, 0.4) is 0 Å². The Morgan fingerprint density at radius 2 is 2.53 bits per heavy atom. The van der Waals surface area contributed by atoms with Gasteiger partial charge in [-0.3, -0.25) is 14.6 Å². The Balaban J connectivity index is 2.44. The number of nitrogens with one attached hydrogen (secondary N) is 1. The van der Waals surface area contributed by atoms with Crippen LogP contribution in [0.25, 0.3) is 0 Å². The number of hydrogen-bond acceptors (Lipinski definition) is 3. The zero-order valence-electron chi connectivity index (χ0n) is 12.0. The van der Waals surface area contributed by atoms with E-state index in [0.29, 0.717) is 19.4 Å². The maximum absolute atomic E-state index is 12.2. The van der Waals surface area contributed by atoms with Gasteiger partial charge in [0.15, 0.2) is 5.78 Å². The smallest absolute Gasteiger partial charge is 0.230 e. The van der Waals surface area contributed by atoms with Crippen LogP contribution in [0.1, 0.15) is 28.7 Å². The normalized spacial score (nSPS) is 24.5. The van der Waals surface area contributed by atoms with Crippen molar-refractivity contribution in [2.24, 2.45) is 5.92 Å². The van der Waals surface area contributed by atoms with Crippen molar-refractivity contribution < 1.29 is 15.1 Å². The summed E-state index contributed by atoms with van der Waals surface area (Å²) in [5.74, 6) is -2.01. The lowest BCUT2D eigenvalue weighted by atomic mass is 9.91. The summed E-state index contributed by atoms with van der Waals surface area (Å²) in [5.41, 5.74) is -0.344. The molecule has 0 spiro atoms. The number of nitrogens with zero attached hydrogens (tertiary/aromatic N) is 1. The Labute approximate surface area is 93.3 Å². The summed E-state index contributed by atoms with van der Waals surface area (Å²) in [4.78, 5) is 27.3. The number of piperidine rings is 1. The van der Waals surface area contributed by atoms with Crippen molar-refractivity contribution in [3.05, 3.63) is 30.0 Å². The summed E-state index contributed by atoms with van der Waals surface area (Å²) in [6, 6.07) is -1.01.